The largest absolute Gasteiger partial charge is 0.360 e. The number of aromatic nitrogens is 2. The van der Waals surface area contributed by atoms with Gasteiger partial charge >= 0.3 is 0 Å². The van der Waals surface area contributed by atoms with E-state index in [4.69, 9.17) is 5.26 Å². The Balaban J connectivity index is 2.27. The molecule has 1 aromatic heterocycles. The zero-order chi connectivity index (χ0) is 8.39. The molecule has 0 aromatic carbocycles. The Labute approximate surface area is 74.6 Å². The molecule has 0 radical (unpaired) electrons. The minimum atomic E-state index is 0.474. The Kier molecular flexibility index (Phi) is 1.92. The van der Waals surface area contributed by atoms with Gasteiger partial charge in [-0.3, -0.25) is 0 Å². The fourth-order valence-corrected chi connectivity index (χ4v) is 2.05. The van der Waals surface area contributed by atoms with Crippen LogP contribution < -0.4 is 4.90 Å². The third kappa shape index (κ3) is 1.14. The highest BCUT2D eigenvalue weighted by Crippen LogP contribution is 2.25. The molecule has 0 unspecified atom stereocenters. The normalized spacial score (nSPS) is 16.4. The molecule has 1 aliphatic heterocycles. The van der Waals surface area contributed by atoms with E-state index >= 15 is 0 Å². The molecule has 12 heavy (non-hydrogen) atoms. The third-order valence-electron chi connectivity index (χ3n) is 1.97. The van der Waals surface area contributed by atoms with Crippen molar-refractivity contribution < 1.29 is 0 Å². The predicted molar refractivity (Wildman–Crippen MR) is 46.1 cm³/mol. The van der Waals surface area contributed by atoms with Gasteiger partial charge in [0.25, 0.3) is 0 Å². The third-order valence-corrected chi connectivity index (χ3v) is 2.76. The van der Waals surface area contributed by atoms with E-state index in [-0.39, 0.29) is 0 Å². The van der Waals surface area contributed by atoms with E-state index in [0.717, 1.165) is 18.1 Å². The SMILES string of the molecule is N#Cc1nnsc1N1CCCC1. The lowest BCUT2D eigenvalue weighted by Crippen LogP contribution is -2.17. The number of hydrogen-bond acceptors (Lipinski definition) is 5. The van der Waals surface area contributed by atoms with Crippen molar-refractivity contribution in [3.05, 3.63) is 5.69 Å². The molecule has 0 bridgehead atoms. The zero-order valence-electron chi connectivity index (χ0n) is 6.53. The minimum absolute atomic E-state index is 0.474. The summed E-state index contributed by atoms with van der Waals surface area (Å²) >= 11 is 1.31. The van der Waals surface area contributed by atoms with Crippen LogP contribution in [0.2, 0.25) is 0 Å². The van der Waals surface area contributed by atoms with E-state index in [2.05, 4.69) is 14.5 Å². The Hall–Kier alpha value is -1.15. The first kappa shape index (κ1) is 7.50. The van der Waals surface area contributed by atoms with Crippen LogP contribution in [-0.2, 0) is 0 Å². The van der Waals surface area contributed by atoms with E-state index in [1.54, 1.807) is 0 Å². The van der Waals surface area contributed by atoms with Crippen LogP contribution in [0.15, 0.2) is 0 Å². The van der Waals surface area contributed by atoms with Crippen LogP contribution in [0, 0.1) is 11.3 Å². The lowest BCUT2D eigenvalue weighted by Gasteiger charge is -2.12. The van der Waals surface area contributed by atoms with Crippen molar-refractivity contribution in [3.8, 4) is 6.07 Å². The van der Waals surface area contributed by atoms with Gasteiger partial charge in [0.2, 0.25) is 0 Å². The highest BCUT2D eigenvalue weighted by Gasteiger charge is 2.18. The number of hydrogen-bond donors (Lipinski definition) is 0. The standard InChI is InChI=1S/C7H8N4S/c8-5-6-7(12-10-9-6)11-3-1-2-4-11/h1-4H2. The van der Waals surface area contributed by atoms with Crippen LogP contribution >= 0.6 is 11.5 Å². The number of rotatable bonds is 1. The Bertz CT molecular complexity index is 307. The van der Waals surface area contributed by atoms with Crippen molar-refractivity contribution >= 4 is 16.5 Å². The van der Waals surface area contributed by atoms with E-state index in [1.807, 2.05) is 6.07 Å². The van der Waals surface area contributed by atoms with Crippen molar-refractivity contribution in [1.29, 1.82) is 5.26 Å². The number of nitrogens with zero attached hydrogens (tertiary/aromatic N) is 4. The summed E-state index contributed by atoms with van der Waals surface area (Å²) in [7, 11) is 0. The summed E-state index contributed by atoms with van der Waals surface area (Å²) in [6.07, 6.45) is 2.42. The molecule has 2 rings (SSSR count). The molecule has 0 spiro atoms. The summed E-state index contributed by atoms with van der Waals surface area (Å²) in [4.78, 5) is 2.18. The molecule has 0 aliphatic carbocycles. The first-order valence-electron chi connectivity index (χ1n) is 3.89. The molecule has 62 valence electrons. The van der Waals surface area contributed by atoms with Gasteiger partial charge in [-0.25, -0.2) is 0 Å². The zero-order valence-corrected chi connectivity index (χ0v) is 7.34. The van der Waals surface area contributed by atoms with E-state index in [0.29, 0.717) is 5.69 Å². The molecule has 5 heteroatoms. The summed E-state index contributed by atoms with van der Waals surface area (Å²) in [5.74, 6) is 0. The van der Waals surface area contributed by atoms with Crippen LogP contribution in [0.25, 0.3) is 0 Å². The summed E-state index contributed by atoms with van der Waals surface area (Å²) < 4.78 is 3.77. The molecular weight excluding hydrogens is 172 g/mol. The van der Waals surface area contributed by atoms with E-state index < -0.39 is 0 Å². The Morgan fingerprint density at radius 2 is 2.17 bits per heavy atom. The minimum Gasteiger partial charge on any atom is -0.360 e. The summed E-state index contributed by atoms with van der Waals surface area (Å²) in [6, 6.07) is 2.05. The van der Waals surface area contributed by atoms with Crippen LogP contribution in [0.5, 0.6) is 0 Å². The quantitative estimate of drug-likeness (QED) is 0.647. The molecule has 0 saturated carbocycles. The van der Waals surface area contributed by atoms with Gasteiger partial charge in [0.05, 0.1) is 0 Å². The Morgan fingerprint density at radius 1 is 1.42 bits per heavy atom. The summed E-state index contributed by atoms with van der Waals surface area (Å²) in [5.41, 5.74) is 0.474. The first-order valence-corrected chi connectivity index (χ1v) is 4.66. The molecule has 0 N–H and O–H groups in total. The van der Waals surface area contributed by atoms with Gasteiger partial charge in [0.1, 0.15) is 6.07 Å². The van der Waals surface area contributed by atoms with Gasteiger partial charge in [-0.05, 0) is 12.8 Å². The topological polar surface area (TPSA) is 52.8 Å². The second kappa shape index (κ2) is 3.07. The average Bonchev–Trinajstić information content (AvgIpc) is 2.74. The molecule has 0 atom stereocenters. The second-order valence-electron chi connectivity index (χ2n) is 2.73. The lowest BCUT2D eigenvalue weighted by atomic mass is 10.4. The second-order valence-corrected chi connectivity index (χ2v) is 3.47. The highest BCUT2D eigenvalue weighted by molar-refractivity contribution is 7.10. The maximum absolute atomic E-state index is 8.70. The molecule has 0 amide bonds. The molecule has 2 heterocycles. The van der Waals surface area contributed by atoms with Crippen molar-refractivity contribution in [2.45, 2.75) is 12.8 Å². The molecule has 1 saturated heterocycles. The van der Waals surface area contributed by atoms with Gasteiger partial charge in [-0.1, -0.05) is 4.49 Å². The van der Waals surface area contributed by atoms with Crippen molar-refractivity contribution in [1.82, 2.24) is 9.59 Å². The Morgan fingerprint density at radius 3 is 2.83 bits per heavy atom. The van der Waals surface area contributed by atoms with Gasteiger partial charge in [-0.15, -0.1) is 5.10 Å². The molecule has 4 nitrogen and oxygen atoms in total. The first-order chi connectivity index (χ1) is 5.92. The maximum Gasteiger partial charge on any atom is 0.199 e. The van der Waals surface area contributed by atoms with Gasteiger partial charge in [0, 0.05) is 24.6 Å². The van der Waals surface area contributed by atoms with Gasteiger partial charge in [0.15, 0.2) is 10.7 Å². The lowest BCUT2D eigenvalue weighted by molar-refractivity contribution is 0.949. The summed E-state index contributed by atoms with van der Waals surface area (Å²) in [5, 5.41) is 13.4. The van der Waals surface area contributed by atoms with Crippen molar-refractivity contribution in [2.24, 2.45) is 0 Å². The highest BCUT2D eigenvalue weighted by atomic mass is 32.1. The van der Waals surface area contributed by atoms with Crippen LogP contribution in [-0.4, -0.2) is 22.7 Å². The molecular formula is C7H8N4S. The fraction of sp³-hybridized carbons (Fsp3) is 0.571. The number of anilines is 1. The van der Waals surface area contributed by atoms with Gasteiger partial charge in [-0.2, -0.15) is 5.26 Å². The molecule has 1 aliphatic rings. The fourth-order valence-electron chi connectivity index (χ4n) is 1.38. The van der Waals surface area contributed by atoms with Crippen LogP contribution in [0.4, 0.5) is 5.00 Å². The summed E-state index contributed by atoms with van der Waals surface area (Å²) in [6.45, 7) is 2.08. The molecule has 1 fully saturated rings. The van der Waals surface area contributed by atoms with Crippen LogP contribution in [0.3, 0.4) is 0 Å². The maximum atomic E-state index is 8.70. The molecule has 1 aromatic rings. The number of nitriles is 1. The van der Waals surface area contributed by atoms with E-state index in [1.165, 1.54) is 24.4 Å². The van der Waals surface area contributed by atoms with Crippen LogP contribution in [0.1, 0.15) is 18.5 Å². The monoisotopic (exact) mass is 180 g/mol. The van der Waals surface area contributed by atoms with Crippen molar-refractivity contribution in [2.75, 3.05) is 18.0 Å². The predicted octanol–water partition coefficient (Wildman–Crippen LogP) is 1.01. The van der Waals surface area contributed by atoms with Crippen molar-refractivity contribution in [3.63, 3.8) is 0 Å². The smallest absolute Gasteiger partial charge is 0.199 e. The average molecular weight is 180 g/mol. The van der Waals surface area contributed by atoms with Gasteiger partial charge < -0.3 is 4.90 Å². The van der Waals surface area contributed by atoms with E-state index in [9.17, 15) is 0 Å².